The van der Waals surface area contributed by atoms with E-state index in [1.807, 2.05) is 68.3 Å². The summed E-state index contributed by atoms with van der Waals surface area (Å²) in [6, 6.07) is 19.9. The number of benzene rings is 2. The van der Waals surface area contributed by atoms with Crippen LogP contribution in [0.25, 0.3) is 11.0 Å². The van der Waals surface area contributed by atoms with Crippen molar-refractivity contribution >= 4 is 16.9 Å². The van der Waals surface area contributed by atoms with Crippen LogP contribution in [-0.2, 0) is 20.0 Å². The maximum absolute atomic E-state index is 14.1. The summed E-state index contributed by atoms with van der Waals surface area (Å²) < 4.78 is 7.30. The SMILES string of the molecule is COc1ccccc1C[C@@H](C)N(Cc1ccccc1)C(=O)c1cc(C)nc2c1c(C)nn2C. The van der Waals surface area contributed by atoms with E-state index in [0.29, 0.717) is 18.5 Å². The molecular weight excluding hydrogens is 412 g/mol. The third kappa shape index (κ3) is 4.60. The fraction of sp³-hybridized carbons (Fsp3) is 0.296. The van der Waals surface area contributed by atoms with E-state index in [1.165, 1.54) is 0 Å². The first-order valence-corrected chi connectivity index (χ1v) is 11.2. The molecule has 1 amide bonds. The van der Waals surface area contributed by atoms with Gasteiger partial charge >= 0.3 is 0 Å². The van der Waals surface area contributed by atoms with Crippen molar-refractivity contribution in [1.29, 1.82) is 0 Å². The molecule has 4 aromatic rings. The van der Waals surface area contributed by atoms with Gasteiger partial charge in [0.15, 0.2) is 5.65 Å². The van der Waals surface area contributed by atoms with Gasteiger partial charge in [0.25, 0.3) is 5.91 Å². The lowest BCUT2D eigenvalue weighted by atomic mass is 10.0. The maximum atomic E-state index is 14.1. The first kappa shape index (κ1) is 22.5. The summed E-state index contributed by atoms with van der Waals surface area (Å²) in [7, 11) is 3.54. The molecule has 0 bridgehead atoms. The molecule has 0 unspecified atom stereocenters. The van der Waals surface area contributed by atoms with E-state index < -0.39 is 0 Å². The molecule has 0 radical (unpaired) electrons. The summed E-state index contributed by atoms with van der Waals surface area (Å²) in [6.45, 7) is 6.45. The molecule has 0 aliphatic rings. The van der Waals surface area contributed by atoms with Crippen molar-refractivity contribution in [1.82, 2.24) is 19.7 Å². The van der Waals surface area contributed by atoms with Gasteiger partial charge in [-0.25, -0.2) is 4.98 Å². The summed E-state index contributed by atoms with van der Waals surface area (Å²) in [4.78, 5) is 20.7. The van der Waals surface area contributed by atoms with E-state index >= 15 is 0 Å². The van der Waals surface area contributed by atoms with Gasteiger partial charge in [0.05, 0.1) is 23.8 Å². The van der Waals surface area contributed by atoms with Gasteiger partial charge in [-0.05, 0) is 50.5 Å². The molecular formula is C27H30N4O2. The van der Waals surface area contributed by atoms with Crippen molar-refractivity contribution in [2.24, 2.45) is 7.05 Å². The van der Waals surface area contributed by atoms with Gasteiger partial charge in [0.1, 0.15) is 5.75 Å². The predicted octanol–water partition coefficient (Wildman–Crippen LogP) is 4.87. The molecule has 2 aromatic carbocycles. The first-order valence-electron chi connectivity index (χ1n) is 11.2. The van der Waals surface area contributed by atoms with Gasteiger partial charge in [-0.1, -0.05) is 48.5 Å². The van der Waals surface area contributed by atoms with Crippen molar-refractivity contribution in [3.05, 3.63) is 88.7 Å². The van der Waals surface area contributed by atoms with Gasteiger partial charge in [-0.2, -0.15) is 5.10 Å². The number of rotatable bonds is 7. The van der Waals surface area contributed by atoms with Crippen molar-refractivity contribution in [2.45, 2.75) is 39.8 Å². The molecule has 0 aliphatic heterocycles. The smallest absolute Gasteiger partial charge is 0.255 e. The van der Waals surface area contributed by atoms with Crippen LogP contribution in [0.4, 0.5) is 0 Å². The summed E-state index contributed by atoms with van der Waals surface area (Å²) in [5.41, 5.74) is 5.14. The highest BCUT2D eigenvalue weighted by atomic mass is 16.5. The molecule has 4 rings (SSSR count). The van der Waals surface area contributed by atoms with Crippen molar-refractivity contribution in [2.75, 3.05) is 7.11 Å². The molecule has 1 atom stereocenters. The van der Waals surface area contributed by atoms with Gasteiger partial charge in [-0.15, -0.1) is 0 Å². The Morgan fingerprint density at radius 3 is 2.52 bits per heavy atom. The second-order valence-electron chi connectivity index (χ2n) is 8.50. The number of amides is 1. The van der Waals surface area contributed by atoms with E-state index in [9.17, 15) is 4.79 Å². The standard InChI is InChI=1S/C27H30N4O2/c1-18-15-23(25-20(3)29-30(4)26(25)28-18)27(32)31(17-21-11-7-6-8-12-21)19(2)16-22-13-9-10-14-24(22)33-5/h6-15,19H,16-17H2,1-5H3/t19-/m1/s1. The predicted molar refractivity (Wildman–Crippen MR) is 130 cm³/mol. The number of nitrogens with zero attached hydrogens (tertiary/aromatic N) is 4. The molecule has 0 fully saturated rings. The third-order valence-electron chi connectivity index (χ3n) is 6.02. The van der Waals surface area contributed by atoms with Crippen molar-refractivity contribution in [3.8, 4) is 5.75 Å². The van der Waals surface area contributed by atoms with E-state index in [2.05, 4.69) is 35.2 Å². The highest BCUT2D eigenvalue weighted by molar-refractivity contribution is 6.06. The highest BCUT2D eigenvalue weighted by Crippen LogP contribution is 2.27. The number of para-hydroxylation sites is 1. The Bertz CT molecular complexity index is 1280. The Hall–Kier alpha value is -3.67. The third-order valence-corrected chi connectivity index (χ3v) is 6.02. The second kappa shape index (κ2) is 9.45. The number of carbonyl (C=O) groups excluding carboxylic acids is 1. The van der Waals surface area contributed by atoms with Gasteiger partial charge in [0, 0.05) is 25.3 Å². The summed E-state index contributed by atoms with van der Waals surface area (Å²) in [6.07, 6.45) is 0.682. The summed E-state index contributed by atoms with van der Waals surface area (Å²) >= 11 is 0. The van der Waals surface area contributed by atoms with E-state index in [-0.39, 0.29) is 11.9 Å². The number of aromatic nitrogens is 3. The lowest BCUT2D eigenvalue weighted by Crippen LogP contribution is -2.39. The number of carbonyl (C=O) groups is 1. The number of pyridine rings is 1. The molecule has 33 heavy (non-hydrogen) atoms. The second-order valence-corrected chi connectivity index (χ2v) is 8.50. The Labute approximate surface area is 194 Å². The molecule has 2 heterocycles. The number of aryl methyl sites for hydroxylation is 3. The molecule has 0 saturated carbocycles. The number of ether oxygens (including phenoxy) is 1. The van der Waals surface area contributed by atoms with E-state index in [1.54, 1.807) is 11.8 Å². The van der Waals surface area contributed by atoms with E-state index in [4.69, 9.17) is 4.74 Å². The Kier molecular flexibility index (Phi) is 6.45. The molecule has 0 spiro atoms. The average molecular weight is 443 g/mol. The van der Waals surface area contributed by atoms with Crippen LogP contribution in [0.15, 0.2) is 60.7 Å². The van der Waals surface area contributed by atoms with Gasteiger partial charge in [-0.3, -0.25) is 9.48 Å². The molecule has 170 valence electrons. The molecule has 2 aromatic heterocycles. The molecule has 6 heteroatoms. The lowest BCUT2D eigenvalue weighted by molar-refractivity contribution is 0.0676. The largest absolute Gasteiger partial charge is 0.496 e. The number of fused-ring (bicyclic) bond motifs is 1. The normalized spacial score (nSPS) is 12.0. The zero-order chi connectivity index (χ0) is 23.5. The quantitative estimate of drug-likeness (QED) is 0.410. The first-order chi connectivity index (χ1) is 15.9. The molecule has 0 N–H and O–H groups in total. The topological polar surface area (TPSA) is 60.2 Å². The van der Waals surface area contributed by atoms with Crippen LogP contribution in [0.3, 0.4) is 0 Å². The lowest BCUT2D eigenvalue weighted by Gasteiger charge is -2.30. The molecule has 0 aliphatic carbocycles. The van der Waals surface area contributed by atoms with Crippen LogP contribution in [0.5, 0.6) is 5.75 Å². The van der Waals surface area contributed by atoms with Crippen LogP contribution in [-0.4, -0.2) is 38.7 Å². The van der Waals surface area contributed by atoms with Crippen LogP contribution >= 0.6 is 0 Å². The fourth-order valence-corrected chi connectivity index (χ4v) is 4.40. The summed E-state index contributed by atoms with van der Waals surface area (Å²) in [5.74, 6) is 0.814. The Balaban J connectivity index is 1.76. The molecule has 6 nitrogen and oxygen atoms in total. The minimum Gasteiger partial charge on any atom is -0.496 e. The summed E-state index contributed by atoms with van der Waals surface area (Å²) in [5, 5.41) is 5.34. The van der Waals surface area contributed by atoms with Crippen molar-refractivity contribution < 1.29 is 9.53 Å². The maximum Gasteiger partial charge on any atom is 0.255 e. The zero-order valence-corrected chi connectivity index (χ0v) is 19.9. The highest BCUT2D eigenvalue weighted by Gasteiger charge is 2.26. The number of methoxy groups -OCH3 is 1. The minimum absolute atomic E-state index is 0.0205. The van der Waals surface area contributed by atoms with Gasteiger partial charge < -0.3 is 9.64 Å². The minimum atomic E-state index is -0.0606. The monoisotopic (exact) mass is 442 g/mol. The Morgan fingerprint density at radius 1 is 1.09 bits per heavy atom. The average Bonchev–Trinajstić information content (AvgIpc) is 3.10. The van der Waals surface area contributed by atoms with Gasteiger partial charge in [0.2, 0.25) is 0 Å². The zero-order valence-electron chi connectivity index (χ0n) is 19.9. The fourth-order valence-electron chi connectivity index (χ4n) is 4.40. The van der Waals surface area contributed by atoms with Crippen LogP contribution in [0, 0.1) is 13.8 Å². The number of hydrogen-bond donors (Lipinski definition) is 0. The van der Waals surface area contributed by atoms with Crippen LogP contribution in [0.1, 0.15) is 39.8 Å². The van der Waals surface area contributed by atoms with Crippen LogP contribution in [0.2, 0.25) is 0 Å². The van der Waals surface area contributed by atoms with Crippen LogP contribution < -0.4 is 4.74 Å². The molecule has 0 saturated heterocycles. The number of hydrogen-bond acceptors (Lipinski definition) is 4. The van der Waals surface area contributed by atoms with Crippen molar-refractivity contribution in [3.63, 3.8) is 0 Å². The van der Waals surface area contributed by atoms with E-state index in [0.717, 1.165) is 39.3 Å². The Morgan fingerprint density at radius 2 is 1.79 bits per heavy atom.